The van der Waals surface area contributed by atoms with Crippen molar-refractivity contribution >= 4 is 5.91 Å². The number of benzene rings is 1. The van der Waals surface area contributed by atoms with E-state index >= 15 is 0 Å². The summed E-state index contributed by atoms with van der Waals surface area (Å²) in [7, 11) is 0. The Morgan fingerprint density at radius 2 is 2.10 bits per heavy atom. The van der Waals surface area contributed by atoms with E-state index in [4.69, 9.17) is 0 Å². The van der Waals surface area contributed by atoms with Gasteiger partial charge in [0, 0.05) is 43.6 Å². The second kappa shape index (κ2) is 7.33. The highest BCUT2D eigenvalue weighted by molar-refractivity contribution is 5.93. The molecule has 7 heteroatoms. The van der Waals surface area contributed by atoms with Crippen LogP contribution < -0.4 is 16.2 Å². The maximum atomic E-state index is 13.0. The summed E-state index contributed by atoms with van der Waals surface area (Å²) in [6, 6.07) is 11.4. The number of hydrogen-bond acceptors (Lipinski definition) is 4. The number of rotatable bonds is 4. The first-order valence-corrected chi connectivity index (χ1v) is 9.99. The molecule has 0 spiro atoms. The van der Waals surface area contributed by atoms with Gasteiger partial charge in [0.2, 0.25) is 0 Å². The Morgan fingerprint density at radius 1 is 1.21 bits per heavy atom. The third kappa shape index (κ3) is 3.27. The molecule has 2 atom stereocenters. The lowest BCUT2D eigenvalue weighted by Gasteiger charge is -2.37. The number of piperidine rings is 1. The van der Waals surface area contributed by atoms with Crippen LogP contribution in [0.2, 0.25) is 0 Å². The van der Waals surface area contributed by atoms with E-state index in [1.807, 2.05) is 45.7 Å². The van der Waals surface area contributed by atoms with E-state index < -0.39 is 0 Å². The number of fused-ring (bicyclic) bond motifs is 4. The van der Waals surface area contributed by atoms with Gasteiger partial charge in [0.05, 0.1) is 12.0 Å². The van der Waals surface area contributed by atoms with Gasteiger partial charge in [0.25, 0.3) is 11.5 Å². The summed E-state index contributed by atoms with van der Waals surface area (Å²) in [5, 5.41) is 6.36. The first-order chi connectivity index (χ1) is 14.2. The van der Waals surface area contributed by atoms with Crippen molar-refractivity contribution in [2.45, 2.75) is 25.4 Å². The molecule has 1 aromatic carbocycles. The van der Waals surface area contributed by atoms with Gasteiger partial charge in [-0.3, -0.25) is 9.59 Å². The Bertz CT molecular complexity index is 1100. The molecule has 2 N–H and O–H groups in total. The van der Waals surface area contributed by atoms with Crippen molar-refractivity contribution in [2.75, 3.05) is 13.1 Å². The standard InChI is InChI=1S/C22H23N5O2/c28-21(25-12-16-3-1-2-4-19(16)26-8-7-23-14-26)18-5-6-20-17-9-15(10-24-11-17)13-27(20)22(18)29/h1-8,14-15,17,24H,9-13H2,(H,25,28)/t15-,17+/m0/s1. The van der Waals surface area contributed by atoms with Crippen LogP contribution in [0.5, 0.6) is 0 Å². The Hall–Kier alpha value is -3.19. The minimum atomic E-state index is -0.334. The molecule has 0 aliphatic carbocycles. The van der Waals surface area contributed by atoms with Crippen molar-refractivity contribution in [1.29, 1.82) is 0 Å². The van der Waals surface area contributed by atoms with Crippen molar-refractivity contribution in [2.24, 2.45) is 5.92 Å². The van der Waals surface area contributed by atoms with Gasteiger partial charge in [-0.2, -0.15) is 0 Å². The number of aromatic nitrogens is 3. The van der Waals surface area contributed by atoms with Crippen molar-refractivity contribution in [3.63, 3.8) is 0 Å². The van der Waals surface area contributed by atoms with Crippen molar-refractivity contribution < 1.29 is 4.79 Å². The maximum absolute atomic E-state index is 13.0. The SMILES string of the molecule is O=C(NCc1ccccc1-n1ccnc1)c1ccc2n(c1=O)C[C@@H]1CNC[C@H]2C1. The van der Waals surface area contributed by atoms with Gasteiger partial charge in [-0.1, -0.05) is 18.2 Å². The molecule has 3 aromatic rings. The maximum Gasteiger partial charge on any atom is 0.263 e. The number of hydrogen-bond donors (Lipinski definition) is 2. The Morgan fingerprint density at radius 3 is 2.97 bits per heavy atom. The Labute approximate surface area is 168 Å². The van der Waals surface area contributed by atoms with Crippen LogP contribution in [0.1, 0.15) is 34.0 Å². The Kier molecular flexibility index (Phi) is 4.52. The topological polar surface area (TPSA) is 81.0 Å². The number of nitrogens with zero attached hydrogens (tertiary/aromatic N) is 3. The lowest BCUT2D eigenvalue weighted by molar-refractivity contribution is 0.0948. The first kappa shape index (κ1) is 17.9. The number of nitrogens with one attached hydrogen (secondary N) is 2. The van der Waals surface area contributed by atoms with Gasteiger partial charge in [-0.15, -0.1) is 0 Å². The summed E-state index contributed by atoms with van der Waals surface area (Å²) in [6.07, 6.45) is 6.42. The number of carbonyl (C=O) groups is 1. The van der Waals surface area contributed by atoms with Crippen molar-refractivity contribution in [3.8, 4) is 5.69 Å². The van der Waals surface area contributed by atoms with Crippen molar-refractivity contribution in [3.05, 3.63) is 82.3 Å². The summed E-state index contributed by atoms with van der Waals surface area (Å²) in [5.41, 5.74) is 2.98. The van der Waals surface area contributed by atoms with Crippen LogP contribution in [0, 0.1) is 5.92 Å². The quantitative estimate of drug-likeness (QED) is 0.711. The summed E-state index contributed by atoms with van der Waals surface area (Å²) in [5.74, 6) is 0.480. The Balaban J connectivity index is 1.38. The fourth-order valence-corrected chi connectivity index (χ4v) is 4.55. The fraction of sp³-hybridized carbons (Fsp3) is 0.318. The zero-order chi connectivity index (χ0) is 19.8. The third-order valence-electron chi connectivity index (χ3n) is 5.97. The van der Waals surface area contributed by atoms with E-state index in [0.29, 0.717) is 24.9 Å². The molecular weight excluding hydrogens is 366 g/mol. The van der Waals surface area contributed by atoms with Crippen molar-refractivity contribution in [1.82, 2.24) is 24.8 Å². The molecule has 29 heavy (non-hydrogen) atoms. The monoisotopic (exact) mass is 389 g/mol. The minimum absolute atomic E-state index is 0.181. The minimum Gasteiger partial charge on any atom is -0.348 e. The van der Waals surface area contributed by atoms with Crippen LogP contribution in [0.4, 0.5) is 0 Å². The number of imidazole rings is 1. The largest absolute Gasteiger partial charge is 0.348 e. The lowest BCUT2D eigenvalue weighted by Crippen LogP contribution is -2.46. The highest BCUT2D eigenvalue weighted by Crippen LogP contribution is 2.31. The van der Waals surface area contributed by atoms with Crippen LogP contribution in [-0.2, 0) is 13.1 Å². The molecule has 0 unspecified atom stereocenters. The van der Waals surface area contributed by atoms with Gasteiger partial charge >= 0.3 is 0 Å². The molecule has 2 aromatic heterocycles. The van der Waals surface area contributed by atoms with E-state index in [9.17, 15) is 9.59 Å². The van der Waals surface area contributed by atoms with Crippen LogP contribution in [0.25, 0.3) is 5.69 Å². The van der Waals surface area contributed by atoms with Gasteiger partial charge in [0.15, 0.2) is 0 Å². The van der Waals surface area contributed by atoms with Crippen LogP contribution in [0.3, 0.4) is 0 Å². The smallest absolute Gasteiger partial charge is 0.263 e. The van der Waals surface area contributed by atoms with Gasteiger partial charge in [-0.25, -0.2) is 4.98 Å². The van der Waals surface area contributed by atoms with Gasteiger partial charge < -0.3 is 19.8 Å². The zero-order valence-corrected chi connectivity index (χ0v) is 16.0. The lowest BCUT2D eigenvalue weighted by atomic mass is 9.84. The molecule has 1 amide bonds. The van der Waals surface area contributed by atoms with Gasteiger partial charge in [-0.05, 0) is 42.6 Å². The number of para-hydroxylation sites is 1. The van der Waals surface area contributed by atoms with Crippen LogP contribution in [0.15, 0.2) is 59.9 Å². The predicted octanol–water partition coefficient (Wildman–Crippen LogP) is 1.67. The van der Waals surface area contributed by atoms with E-state index in [2.05, 4.69) is 15.6 Å². The van der Waals surface area contributed by atoms with Crippen LogP contribution in [-0.4, -0.2) is 33.1 Å². The molecule has 5 rings (SSSR count). The molecule has 4 heterocycles. The molecule has 0 saturated carbocycles. The van der Waals surface area contributed by atoms with E-state index in [1.165, 1.54) is 0 Å². The highest BCUT2D eigenvalue weighted by atomic mass is 16.2. The first-order valence-electron chi connectivity index (χ1n) is 9.99. The molecule has 2 aliphatic heterocycles. The number of carbonyl (C=O) groups excluding carboxylic acids is 1. The summed E-state index contributed by atoms with van der Waals surface area (Å²) >= 11 is 0. The average Bonchev–Trinajstić information content (AvgIpc) is 3.28. The molecule has 7 nitrogen and oxygen atoms in total. The molecule has 2 bridgehead atoms. The van der Waals surface area contributed by atoms with E-state index in [-0.39, 0.29) is 17.0 Å². The predicted molar refractivity (Wildman–Crippen MR) is 109 cm³/mol. The molecule has 2 aliphatic rings. The molecule has 148 valence electrons. The second-order valence-electron chi connectivity index (χ2n) is 7.83. The average molecular weight is 389 g/mol. The molecule has 1 saturated heterocycles. The van der Waals surface area contributed by atoms with E-state index in [0.717, 1.165) is 36.5 Å². The summed E-state index contributed by atoms with van der Waals surface area (Å²) in [6.45, 7) is 2.85. The number of pyridine rings is 1. The van der Waals surface area contributed by atoms with E-state index in [1.54, 1.807) is 18.6 Å². The molecule has 1 fully saturated rings. The van der Waals surface area contributed by atoms with Crippen LogP contribution >= 0.6 is 0 Å². The zero-order valence-electron chi connectivity index (χ0n) is 16.0. The summed E-state index contributed by atoms with van der Waals surface area (Å²) < 4.78 is 3.72. The number of amides is 1. The normalized spacial score (nSPS) is 20.1. The fourth-order valence-electron chi connectivity index (χ4n) is 4.55. The second-order valence-corrected chi connectivity index (χ2v) is 7.83. The molecular formula is C22H23N5O2. The third-order valence-corrected chi connectivity index (χ3v) is 5.97. The summed E-state index contributed by atoms with van der Waals surface area (Å²) in [4.78, 5) is 29.9. The molecule has 0 radical (unpaired) electrons. The van der Waals surface area contributed by atoms with Gasteiger partial charge in [0.1, 0.15) is 5.56 Å². The highest BCUT2D eigenvalue weighted by Gasteiger charge is 2.31.